The number of nitrogens with one attached hydrogen (secondary N) is 1. The van der Waals surface area contributed by atoms with E-state index in [4.69, 9.17) is 27.6 Å². The Bertz CT molecular complexity index is 614. The number of hydrogen-bond donors (Lipinski definition) is 1. The summed E-state index contributed by atoms with van der Waals surface area (Å²) in [6, 6.07) is 6.71. The number of hydrogen-bond acceptors (Lipinski definition) is 2. The molecule has 0 fully saturated rings. The van der Waals surface area contributed by atoms with Gasteiger partial charge in [-0.05, 0) is 30.7 Å². The number of amides is 2. The van der Waals surface area contributed by atoms with Crippen LogP contribution in [0.15, 0.2) is 41.2 Å². The van der Waals surface area contributed by atoms with Crippen LogP contribution in [0.5, 0.6) is 0 Å². The number of rotatable bonds is 4. The van der Waals surface area contributed by atoms with E-state index in [1.54, 1.807) is 42.7 Å². The molecule has 0 radical (unpaired) electrons. The molecule has 112 valence electrons. The molecule has 2 amide bonds. The zero-order valence-electron chi connectivity index (χ0n) is 11.8. The average Bonchev–Trinajstić information content (AvgIpc) is 2.96. The lowest BCUT2D eigenvalue weighted by Gasteiger charge is -2.26. The van der Waals surface area contributed by atoms with Gasteiger partial charge in [0.15, 0.2) is 0 Å². The van der Waals surface area contributed by atoms with Crippen LogP contribution >= 0.6 is 23.2 Å². The third-order valence-corrected chi connectivity index (χ3v) is 3.90. The molecule has 0 saturated carbocycles. The van der Waals surface area contributed by atoms with Crippen LogP contribution in [0, 0.1) is 0 Å². The molecule has 2 aromatic rings. The van der Waals surface area contributed by atoms with Gasteiger partial charge in [0, 0.05) is 29.2 Å². The topological polar surface area (TPSA) is 45.5 Å². The summed E-state index contributed by atoms with van der Waals surface area (Å²) in [5.74, 6) is 0. The van der Waals surface area contributed by atoms with Crippen molar-refractivity contribution in [2.24, 2.45) is 0 Å². The standard InChI is InChI=1S/C15H16Cl2N2O2/c1-10(13-4-3-12(16)7-14(13)17)19(2)15(20)18-8-11-5-6-21-9-11/h3-7,9-10H,8H2,1-2H3,(H,18,20). The van der Waals surface area contributed by atoms with Gasteiger partial charge in [0.1, 0.15) is 0 Å². The van der Waals surface area contributed by atoms with E-state index >= 15 is 0 Å². The minimum atomic E-state index is -0.185. The lowest BCUT2D eigenvalue weighted by Crippen LogP contribution is -2.38. The summed E-state index contributed by atoms with van der Waals surface area (Å²) in [5, 5.41) is 3.94. The van der Waals surface area contributed by atoms with Gasteiger partial charge in [-0.1, -0.05) is 29.3 Å². The van der Waals surface area contributed by atoms with Gasteiger partial charge in [-0.3, -0.25) is 0 Å². The molecule has 21 heavy (non-hydrogen) atoms. The Morgan fingerprint density at radius 2 is 2.14 bits per heavy atom. The highest BCUT2D eigenvalue weighted by molar-refractivity contribution is 6.35. The van der Waals surface area contributed by atoms with Crippen molar-refractivity contribution in [1.82, 2.24) is 10.2 Å². The van der Waals surface area contributed by atoms with Crippen LogP contribution in [-0.4, -0.2) is 18.0 Å². The first-order chi connectivity index (χ1) is 9.99. The molecular weight excluding hydrogens is 311 g/mol. The normalized spacial score (nSPS) is 12.0. The van der Waals surface area contributed by atoms with Crippen molar-refractivity contribution < 1.29 is 9.21 Å². The summed E-state index contributed by atoms with van der Waals surface area (Å²) in [4.78, 5) is 13.7. The van der Waals surface area contributed by atoms with Crippen LogP contribution in [0.3, 0.4) is 0 Å². The van der Waals surface area contributed by atoms with E-state index in [1.165, 1.54) is 0 Å². The van der Waals surface area contributed by atoms with Gasteiger partial charge in [-0.25, -0.2) is 4.79 Å². The number of halogens is 2. The zero-order valence-corrected chi connectivity index (χ0v) is 13.3. The quantitative estimate of drug-likeness (QED) is 0.899. The van der Waals surface area contributed by atoms with E-state index in [0.717, 1.165) is 11.1 Å². The summed E-state index contributed by atoms with van der Waals surface area (Å²) in [7, 11) is 1.72. The zero-order chi connectivity index (χ0) is 15.4. The van der Waals surface area contributed by atoms with Crippen molar-refractivity contribution in [2.45, 2.75) is 19.5 Å². The number of carbonyl (C=O) groups excluding carboxylic acids is 1. The van der Waals surface area contributed by atoms with Crippen molar-refractivity contribution in [1.29, 1.82) is 0 Å². The predicted molar refractivity (Wildman–Crippen MR) is 83.6 cm³/mol. The highest BCUT2D eigenvalue weighted by atomic mass is 35.5. The van der Waals surface area contributed by atoms with Gasteiger partial charge in [-0.2, -0.15) is 0 Å². The van der Waals surface area contributed by atoms with Crippen LogP contribution in [0.2, 0.25) is 10.0 Å². The minimum absolute atomic E-state index is 0.167. The predicted octanol–water partition coefficient (Wildman–Crippen LogP) is 4.49. The Hall–Kier alpha value is -1.65. The van der Waals surface area contributed by atoms with Crippen LogP contribution in [0.4, 0.5) is 4.79 Å². The maximum absolute atomic E-state index is 12.1. The van der Waals surface area contributed by atoms with E-state index in [0.29, 0.717) is 16.6 Å². The lowest BCUT2D eigenvalue weighted by atomic mass is 10.1. The molecule has 1 heterocycles. The average molecular weight is 327 g/mol. The van der Waals surface area contributed by atoms with E-state index in [2.05, 4.69) is 5.32 Å². The number of nitrogens with zero attached hydrogens (tertiary/aromatic N) is 1. The second kappa shape index (κ2) is 6.87. The molecule has 0 saturated heterocycles. The van der Waals surface area contributed by atoms with Crippen LogP contribution in [0.1, 0.15) is 24.1 Å². The first kappa shape index (κ1) is 15.7. The number of furan rings is 1. The van der Waals surface area contributed by atoms with Gasteiger partial charge >= 0.3 is 6.03 Å². The molecule has 6 heteroatoms. The van der Waals surface area contributed by atoms with Crippen molar-refractivity contribution in [3.05, 3.63) is 58.0 Å². The molecule has 1 aromatic heterocycles. The summed E-state index contributed by atoms with van der Waals surface area (Å²) in [6.45, 7) is 2.33. The number of carbonyl (C=O) groups is 1. The maximum atomic E-state index is 12.1. The molecular formula is C15H16Cl2N2O2. The van der Waals surface area contributed by atoms with Gasteiger partial charge < -0.3 is 14.6 Å². The molecule has 1 atom stereocenters. The fourth-order valence-electron chi connectivity index (χ4n) is 1.92. The molecule has 0 aliphatic heterocycles. The molecule has 4 nitrogen and oxygen atoms in total. The monoisotopic (exact) mass is 326 g/mol. The minimum Gasteiger partial charge on any atom is -0.472 e. The second-order valence-electron chi connectivity index (χ2n) is 4.74. The van der Waals surface area contributed by atoms with Crippen molar-refractivity contribution in [2.75, 3.05) is 7.05 Å². The summed E-state index contributed by atoms with van der Waals surface area (Å²) in [5.41, 5.74) is 1.76. The van der Waals surface area contributed by atoms with Gasteiger partial charge in [-0.15, -0.1) is 0 Å². The van der Waals surface area contributed by atoms with Crippen molar-refractivity contribution in [3.8, 4) is 0 Å². The fraction of sp³-hybridized carbons (Fsp3) is 0.267. The fourth-order valence-corrected chi connectivity index (χ4v) is 2.49. The summed E-state index contributed by atoms with van der Waals surface area (Å²) in [6.07, 6.45) is 3.17. The van der Waals surface area contributed by atoms with Crippen molar-refractivity contribution in [3.63, 3.8) is 0 Å². The third-order valence-electron chi connectivity index (χ3n) is 3.34. The smallest absolute Gasteiger partial charge is 0.317 e. The Labute approximate surface area is 133 Å². The molecule has 1 unspecified atom stereocenters. The molecule has 0 aliphatic rings. The van der Waals surface area contributed by atoms with Crippen LogP contribution in [-0.2, 0) is 6.54 Å². The molecule has 2 rings (SSSR count). The van der Waals surface area contributed by atoms with Crippen molar-refractivity contribution >= 4 is 29.2 Å². The Morgan fingerprint density at radius 3 is 2.76 bits per heavy atom. The maximum Gasteiger partial charge on any atom is 0.317 e. The Balaban J connectivity index is 2.00. The highest BCUT2D eigenvalue weighted by Crippen LogP contribution is 2.29. The first-order valence-electron chi connectivity index (χ1n) is 6.45. The molecule has 1 aromatic carbocycles. The highest BCUT2D eigenvalue weighted by Gasteiger charge is 2.19. The lowest BCUT2D eigenvalue weighted by molar-refractivity contribution is 0.194. The van der Waals surface area contributed by atoms with E-state index in [-0.39, 0.29) is 12.1 Å². The largest absolute Gasteiger partial charge is 0.472 e. The molecule has 0 spiro atoms. The van der Waals surface area contributed by atoms with Crippen LogP contribution in [0.25, 0.3) is 0 Å². The Kier molecular flexibility index (Phi) is 5.15. The molecule has 0 aliphatic carbocycles. The summed E-state index contributed by atoms with van der Waals surface area (Å²) >= 11 is 12.1. The molecule has 1 N–H and O–H groups in total. The van der Waals surface area contributed by atoms with Gasteiger partial charge in [0.25, 0.3) is 0 Å². The van der Waals surface area contributed by atoms with Gasteiger partial charge in [0.05, 0.1) is 18.6 Å². The summed E-state index contributed by atoms with van der Waals surface area (Å²) < 4.78 is 4.96. The van der Waals surface area contributed by atoms with E-state index < -0.39 is 0 Å². The van der Waals surface area contributed by atoms with E-state index in [9.17, 15) is 4.79 Å². The SMILES string of the molecule is CC(c1ccc(Cl)cc1Cl)N(C)C(=O)NCc1ccoc1. The first-order valence-corrected chi connectivity index (χ1v) is 7.21. The number of benzene rings is 1. The van der Waals surface area contributed by atoms with Crippen LogP contribution < -0.4 is 5.32 Å². The third kappa shape index (κ3) is 3.93. The van der Waals surface area contributed by atoms with E-state index in [1.807, 2.05) is 13.0 Å². The second-order valence-corrected chi connectivity index (χ2v) is 5.59. The Morgan fingerprint density at radius 1 is 1.38 bits per heavy atom. The molecule has 0 bridgehead atoms. The van der Waals surface area contributed by atoms with Gasteiger partial charge in [0.2, 0.25) is 0 Å². The number of urea groups is 1.